The van der Waals surface area contributed by atoms with Crippen molar-refractivity contribution in [3.63, 3.8) is 0 Å². The van der Waals surface area contributed by atoms with Gasteiger partial charge in [-0.05, 0) is 17.7 Å². The Morgan fingerprint density at radius 1 is 1.33 bits per heavy atom. The first kappa shape index (κ1) is 14.3. The molecule has 0 saturated carbocycles. The van der Waals surface area contributed by atoms with Crippen LogP contribution in [0.1, 0.15) is 25.0 Å². The summed E-state index contributed by atoms with van der Waals surface area (Å²) in [5.41, 5.74) is 0.670. The molecule has 0 fully saturated rings. The number of hydrogen-bond donors (Lipinski definition) is 2. The average molecular weight is 253 g/mol. The van der Waals surface area contributed by atoms with Gasteiger partial charge in [-0.15, -0.1) is 0 Å². The lowest BCUT2D eigenvalue weighted by Crippen LogP contribution is -2.27. The Morgan fingerprint density at radius 3 is 2.56 bits per heavy atom. The quantitative estimate of drug-likeness (QED) is 0.801. The van der Waals surface area contributed by atoms with Gasteiger partial charge in [0, 0.05) is 13.0 Å². The molecule has 1 rings (SSSR count). The zero-order chi connectivity index (χ0) is 13.5. The number of aliphatic hydroxyl groups excluding tert-OH is 1. The number of carbonyl (C=O) groups is 1. The second-order valence-corrected chi connectivity index (χ2v) is 3.79. The van der Waals surface area contributed by atoms with Crippen molar-refractivity contribution in [3.05, 3.63) is 23.8 Å². The maximum atomic E-state index is 11.1. The van der Waals surface area contributed by atoms with Crippen molar-refractivity contribution in [2.45, 2.75) is 19.4 Å². The van der Waals surface area contributed by atoms with E-state index in [0.717, 1.165) is 0 Å². The van der Waals surface area contributed by atoms with Crippen LogP contribution in [0.4, 0.5) is 0 Å². The fourth-order valence-corrected chi connectivity index (χ4v) is 1.51. The third-order valence-electron chi connectivity index (χ3n) is 2.61. The van der Waals surface area contributed by atoms with Gasteiger partial charge in [-0.3, -0.25) is 4.79 Å². The third kappa shape index (κ3) is 3.63. The molecule has 100 valence electrons. The smallest absolute Gasteiger partial charge is 0.219 e. The molecule has 5 nitrogen and oxygen atoms in total. The van der Waals surface area contributed by atoms with Crippen LogP contribution < -0.4 is 14.8 Å². The van der Waals surface area contributed by atoms with Crippen LogP contribution in [0.25, 0.3) is 0 Å². The van der Waals surface area contributed by atoms with E-state index in [2.05, 4.69) is 5.32 Å². The zero-order valence-electron chi connectivity index (χ0n) is 10.9. The van der Waals surface area contributed by atoms with Gasteiger partial charge >= 0.3 is 0 Å². The van der Waals surface area contributed by atoms with E-state index in [0.29, 0.717) is 23.5 Å². The lowest BCUT2D eigenvalue weighted by Gasteiger charge is -2.14. The lowest BCUT2D eigenvalue weighted by atomic mass is 10.1. The third-order valence-corrected chi connectivity index (χ3v) is 2.61. The predicted molar refractivity (Wildman–Crippen MR) is 67.8 cm³/mol. The van der Waals surface area contributed by atoms with Gasteiger partial charge in [0.2, 0.25) is 5.91 Å². The topological polar surface area (TPSA) is 67.8 Å². The molecule has 1 amide bonds. The minimum atomic E-state index is -0.764. The molecular formula is C13H19NO4. The fourth-order valence-electron chi connectivity index (χ4n) is 1.51. The summed E-state index contributed by atoms with van der Waals surface area (Å²) in [6, 6.07) is 5.16. The number of aliphatic hydroxyl groups is 1. The summed E-state index contributed by atoms with van der Waals surface area (Å²) in [6.45, 7) is 1.94. The molecule has 0 heterocycles. The summed E-state index contributed by atoms with van der Waals surface area (Å²) in [4.78, 5) is 11.1. The standard InChI is InChI=1S/C13H19NO4/c1-4-13(16)14-8-10(15)9-5-6-11(17-2)12(7-9)18-3/h5-7,10,15H,4,8H2,1-3H3,(H,14,16). The number of benzene rings is 1. The number of nitrogens with one attached hydrogen (secondary N) is 1. The minimum Gasteiger partial charge on any atom is -0.493 e. The van der Waals surface area contributed by atoms with E-state index < -0.39 is 6.10 Å². The van der Waals surface area contributed by atoms with Crippen molar-refractivity contribution >= 4 is 5.91 Å². The Balaban J connectivity index is 2.73. The highest BCUT2D eigenvalue weighted by Crippen LogP contribution is 2.29. The van der Waals surface area contributed by atoms with Crippen LogP contribution >= 0.6 is 0 Å². The van der Waals surface area contributed by atoms with E-state index in [9.17, 15) is 9.90 Å². The largest absolute Gasteiger partial charge is 0.493 e. The van der Waals surface area contributed by atoms with Crippen LogP contribution in [0, 0.1) is 0 Å². The zero-order valence-corrected chi connectivity index (χ0v) is 10.9. The summed E-state index contributed by atoms with van der Waals surface area (Å²) in [7, 11) is 3.09. The van der Waals surface area contributed by atoms with E-state index in [1.165, 1.54) is 7.11 Å². The molecule has 1 aromatic carbocycles. The number of hydrogen-bond acceptors (Lipinski definition) is 4. The van der Waals surface area contributed by atoms with E-state index in [1.807, 2.05) is 0 Å². The van der Waals surface area contributed by atoms with Gasteiger partial charge in [0.25, 0.3) is 0 Å². The van der Waals surface area contributed by atoms with Crippen LogP contribution in [0.2, 0.25) is 0 Å². The van der Waals surface area contributed by atoms with Gasteiger partial charge < -0.3 is 19.9 Å². The predicted octanol–water partition coefficient (Wildman–Crippen LogP) is 1.26. The van der Waals surface area contributed by atoms with Gasteiger partial charge in [-0.25, -0.2) is 0 Å². The molecule has 1 aromatic rings. The number of carbonyl (C=O) groups excluding carboxylic acids is 1. The maximum absolute atomic E-state index is 11.1. The van der Waals surface area contributed by atoms with Crippen LogP contribution in [0.3, 0.4) is 0 Å². The van der Waals surface area contributed by atoms with Crippen molar-refractivity contribution in [1.29, 1.82) is 0 Å². The Kier molecular flexibility index (Phi) is 5.45. The highest BCUT2D eigenvalue weighted by molar-refractivity contribution is 5.75. The molecule has 0 radical (unpaired) electrons. The fraction of sp³-hybridized carbons (Fsp3) is 0.462. The molecule has 0 saturated heterocycles. The molecule has 1 unspecified atom stereocenters. The van der Waals surface area contributed by atoms with Crippen LogP contribution in [-0.2, 0) is 4.79 Å². The van der Waals surface area contributed by atoms with Gasteiger partial charge in [-0.1, -0.05) is 13.0 Å². The monoisotopic (exact) mass is 253 g/mol. The van der Waals surface area contributed by atoms with Crippen molar-refractivity contribution in [3.8, 4) is 11.5 Å². The van der Waals surface area contributed by atoms with Crippen molar-refractivity contribution in [2.24, 2.45) is 0 Å². The molecule has 18 heavy (non-hydrogen) atoms. The Morgan fingerprint density at radius 2 is 2.00 bits per heavy atom. The van der Waals surface area contributed by atoms with E-state index in [1.54, 1.807) is 32.2 Å². The summed E-state index contributed by atoms with van der Waals surface area (Å²) < 4.78 is 10.3. The average Bonchev–Trinajstić information content (AvgIpc) is 2.43. The van der Waals surface area contributed by atoms with E-state index in [4.69, 9.17) is 9.47 Å². The van der Waals surface area contributed by atoms with Gasteiger partial charge in [0.05, 0.1) is 20.3 Å². The van der Waals surface area contributed by atoms with E-state index in [-0.39, 0.29) is 12.5 Å². The van der Waals surface area contributed by atoms with Crippen molar-refractivity contribution in [2.75, 3.05) is 20.8 Å². The molecule has 0 spiro atoms. The Hall–Kier alpha value is -1.75. The molecule has 0 aliphatic carbocycles. The normalized spacial score (nSPS) is 11.8. The van der Waals surface area contributed by atoms with Gasteiger partial charge in [0.1, 0.15) is 0 Å². The number of amides is 1. The summed E-state index contributed by atoms with van der Waals surface area (Å²) >= 11 is 0. The molecule has 0 aromatic heterocycles. The molecule has 1 atom stereocenters. The molecule has 0 aliphatic rings. The maximum Gasteiger partial charge on any atom is 0.219 e. The molecule has 0 aliphatic heterocycles. The molecular weight excluding hydrogens is 234 g/mol. The van der Waals surface area contributed by atoms with Crippen LogP contribution in [0.15, 0.2) is 18.2 Å². The Labute approximate surface area is 107 Å². The summed E-state index contributed by atoms with van der Waals surface area (Å²) in [5.74, 6) is 1.07. The number of rotatable bonds is 6. The minimum absolute atomic E-state index is 0.0884. The van der Waals surface area contributed by atoms with Crippen molar-refractivity contribution < 1.29 is 19.4 Å². The first-order valence-electron chi connectivity index (χ1n) is 5.79. The lowest BCUT2D eigenvalue weighted by molar-refractivity contribution is -0.121. The first-order chi connectivity index (χ1) is 8.62. The second kappa shape index (κ2) is 6.86. The molecule has 2 N–H and O–H groups in total. The van der Waals surface area contributed by atoms with Crippen molar-refractivity contribution in [1.82, 2.24) is 5.32 Å². The Bertz CT molecular complexity index is 406. The van der Waals surface area contributed by atoms with Crippen LogP contribution in [-0.4, -0.2) is 31.8 Å². The SMILES string of the molecule is CCC(=O)NCC(O)c1ccc(OC)c(OC)c1. The first-order valence-corrected chi connectivity index (χ1v) is 5.79. The second-order valence-electron chi connectivity index (χ2n) is 3.79. The highest BCUT2D eigenvalue weighted by Gasteiger charge is 2.12. The summed E-state index contributed by atoms with van der Waals surface area (Å²) in [5, 5.41) is 12.6. The highest BCUT2D eigenvalue weighted by atomic mass is 16.5. The molecule has 0 bridgehead atoms. The van der Waals surface area contributed by atoms with Gasteiger partial charge in [-0.2, -0.15) is 0 Å². The van der Waals surface area contributed by atoms with E-state index >= 15 is 0 Å². The molecule has 5 heteroatoms. The number of ether oxygens (including phenoxy) is 2. The summed E-state index contributed by atoms with van der Waals surface area (Å²) in [6.07, 6.45) is -0.362. The number of methoxy groups -OCH3 is 2. The van der Waals surface area contributed by atoms with Gasteiger partial charge in [0.15, 0.2) is 11.5 Å². The van der Waals surface area contributed by atoms with Crippen LogP contribution in [0.5, 0.6) is 11.5 Å².